The van der Waals surface area contributed by atoms with Crippen LogP contribution < -0.4 is 0 Å². The molecule has 0 fully saturated rings. The topological polar surface area (TPSA) is 83.3 Å². The second kappa shape index (κ2) is 6.96. The van der Waals surface area contributed by atoms with E-state index in [0.717, 1.165) is 11.3 Å². The summed E-state index contributed by atoms with van der Waals surface area (Å²) in [6.45, 7) is 0. The molecule has 0 amide bonds. The fourth-order valence-corrected chi connectivity index (χ4v) is 2.29. The zero-order valence-electron chi connectivity index (χ0n) is 13.7. The van der Waals surface area contributed by atoms with Gasteiger partial charge in [0, 0.05) is 5.56 Å². The number of nitrogens with zero attached hydrogens (tertiary/aromatic N) is 3. The minimum absolute atomic E-state index is 0.388. The molecule has 7 nitrogen and oxygen atoms in total. The molecule has 0 spiro atoms. The quantitative estimate of drug-likeness (QED) is 0.680. The molecular weight excluding hydrogens is 322 g/mol. The summed E-state index contributed by atoms with van der Waals surface area (Å²) in [5.74, 6) is -0.780. The number of methoxy groups -OCH3 is 2. The zero-order valence-corrected chi connectivity index (χ0v) is 13.7. The number of esters is 2. The Hall–Kier alpha value is -3.48. The Morgan fingerprint density at radius 3 is 1.88 bits per heavy atom. The van der Waals surface area contributed by atoms with E-state index >= 15 is 0 Å². The molecule has 0 aliphatic heterocycles. The van der Waals surface area contributed by atoms with Gasteiger partial charge in [0.15, 0.2) is 0 Å². The molecule has 25 heavy (non-hydrogen) atoms. The second-order valence-electron chi connectivity index (χ2n) is 5.16. The summed E-state index contributed by atoms with van der Waals surface area (Å²) in [4.78, 5) is 22.9. The number of aromatic nitrogens is 3. The van der Waals surface area contributed by atoms with E-state index in [1.165, 1.54) is 14.2 Å². The average molecular weight is 337 g/mol. The molecule has 0 radical (unpaired) electrons. The van der Waals surface area contributed by atoms with Crippen LogP contribution in [0.1, 0.15) is 20.7 Å². The van der Waals surface area contributed by atoms with E-state index in [4.69, 9.17) is 0 Å². The van der Waals surface area contributed by atoms with Crippen LogP contribution in [-0.4, -0.2) is 41.2 Å². The first-order chi connectivity index (χ1) is 12.1. The lowest BCUT2D eigenvalue weighted by atomic mass is 10.1. The lowest BCUT2D eigenvalue weighted by Crippen LogP contribution is -2.02. The third-order valence-electron chi connectivity index (χ3n) is 3.65. The number of hydrogen-bond acceptors (Lipinski definition) is 6. The molecule has 0 saturated heterocycles. The minimum Gasteiger partial charge on any atom is -0.465 e. The molecule has 0 aliphatic rings. The van der Waals surface area contributed by atoms with E-state index in [1.807, 2.05) is 0 Å². The van der Waals surface area contributed by atoms with Crippen molar-refractivity contribution in [2.24, 2.45) is 0 Å². The van der Waals surface area contributed by atoms with Crippen LogP contribution in [0.3, 0.4) is 0 Å². The van der Waals surface area contributed by atoms with E-state index in [2.05, 4.69) is 19.8 Å². The normalized spacial score (nSPS) is 10.3. The summed E-state index contributed by atoms with van der Waals surface area (Å²) in [5.41, 5.74) is 3.18. The first kappa shape index (κ1) is 16.4. The summed E-state index contributed by atoms with van der Waals surface area (Å²) in [6, 6.07) is 13.7. The van der Waals surface area contributed by atoms with Gasteiger partial charge in [0.2, 0.25) is 0 Å². The van der Waals surface area contributed by atoms with Crippen LogP contribution in [0.25, 0.3) is 16.9 Å². The Kier molecular flexibility index (Phi) is 4.56. The van der Waals surface area contributed by atoms with Crippen molar-refractivity contribution in [1.29, 1.82) is 0 Å². The largest absolute Gasteiger partial charge is 0.465 e. The molecule has 0 atom stereocenters. The highest BCUT2D eigenvalue weighted by Crippen LogP contribution is 2.19. The van der Waals surface area contributed by atoms with Crippen molar-refractivity contribution in [3.05, 3.63) is 65.9 Å². The number of hydrogen-bond donors (Lipinski definition) is 0. The van der Waals surface area contributed by atoms with E-state index in [9.17, 15) is 9.59 Å². The van der Waals surface area contributed by atoms with Crippen molar-refractivity contribution in [2.75, 3.05) is 14.2 Å². The van der Waals surface area contributed by atoms with Gasteiger partial charge in [0.05, 0.1) is 37.2 Å². The number of ether oxygens (including phenoxy) is 2. The van der Waals surface area contributed by atoms with Gasteiger partial charge in [-0.1, -0.05) is 17.3 Å². The highest BCUT2D eigenvalue weighted by molar-refractivity contribution is 5.90. The van der Waals surface area contributed by atoms with Gasteiger partial charge in [0.1, 0.15) is 5.69 Å². The maximum absolute atomic E-state index is 11.5. The standard InChI is InChI=1S/C18H15N3O4/c1-24-17(22)13-5-3-12(4-6-13)16-11-21(20-19-16)15-9-7-14(8-10-15)18(23)25-2/h3-11H,1-2H3. The first-order valence-electron chi connectivity index (χ1n) is 7.42. The van der Waals surface area contributed by atoms with Crippen LogP contribution in [0.5, 0.6) is 0 Å². The molecule has 2 aromatic carbocycles. The lowest BCUT2D eigenvalue weighted by Gasteiger charge is -2.02. The molecule has 1 heterocycles. The van der Waals surface area contributed by atoms with Crippen LogP contribution in [0.15, 0.2) is 54.7 Å². The van der Waals surface area contributed by atoms with Gasteiger partial charge in [-0.05, 0) is 36.4 Å². The summed E-state index contributed by atoms with van der Waals surface area (Å²) < 4.78 is 10.9. The third kappa shape index (κ3) is 3.40. The molecular formula is C18H15N3O4. The van der Waals surface area contributed by atoms with Crippen LogP contribution in [0.4, 0.5) is 0 Å². The number of rotatable bonds is 4. The number of benzene rings is 2. The van der Waals surface area contributed by atoms with E-state index < -0.39 is 5.97 Å². The predicted octanol–water partition coefficient (Wildman–Crippen LogP) is 2.51. The lowest BCUT2D eigenvalue weighted by molar-refractivity contribution is 0.0592. The predicted molar refractivity (Wildman–Crippen MR) is 89.5 cm³/mol. The molecule has 0 unspecified atom stereocenters. The molecule has 126 valence electrons. The van der Waals surface area contributed by atoms with Gasteiger partial charge < -0.3 is 9.47 Å². The molecule has 3 rings (SSSR count). The van der Waals surface area contributed by atoms with Crippen LogP contribution in [0, 0.1) is 0 Å². The Balaban J connectivity index is 1.82. The van der Waals surface area contributed by atoms with Crippen molar-refractivity contribution in [2.45, 2.75) is 0 Å². The van der Waals surface area contributed by atoms with Gasteiger partial charge in [-0.2, -0.15) is 0 Å². The molecule has 1 aromatic heterocycles. The number of carbonyl (C=O) groups is 2. The van der Waals surface area contributed by atoms with Crippen molar-refractivity contribution in [1.82, 2.24) is 15.0 Å². The third-order valence-corrected chi connectivity index (χ3v) is 3.65. The molecule has 0 saturated carbocycles. The van der Waals surface area contributed by atoms with Gasteiger partial charge >= 0.3 is 11.9 Å². The van der Waals surface area contributed by atoms with E-state index in [1.54, 1.807) is 59.4 Å². The van der Waals surface area contributed by atoms with Crippen molar-refractivity contribution < 1.29 is 19.1 Å². The summed E-state index contributed by atoms with van der Waals surface area (Å²) in [7, 11) is 2.68. The second-order valence-corrected chi connectivity index (χ2v) is 5.16. The molecule has 0 aliphatic carbocycles. The SMILES string of the molecule is COC(=O)c1ccc(-c2cn(-c3ccc(C(=O)OC)cc3)nn2)cc1. The minimum atomic E-state index is -0.392. The zero-order chi connectivity index (χ0) is 17.8. The van der Waals surface area contributed by atoms with E-state index in [-0.39, 0.29) is 5.97 Å². The Morgan fingerprint density at radius 2 is 1.36 bits per heavy atom. The first-order valence-corrected chi connectivity index (χ1v) is 7.42. The summed E-state index contributed by atoms with van der Waals surface area (Å²) in [5, 5.41) is 8.23. The van der Waals surface area contributed by atoms with Crippen LogP contribution in [0.2, 0.25) is 0 Å². The van der Waals surface area contributed by atoms with Crippen LogP contribution >= 0.6 is 0 Å². The Labute approximate surface area is 143 Å². The molecule has 7 heteroatoms. The van der Waals surface area contributed by atoms with Crippen molar-refractivity contribution in [3.63, 3.8) is 0 Å². The highest BCUT2D eigenvalue weighted by atomic mass is 16.5. The molecule has 0 N–H and O–H groups in total. The van der Waals surface area contributed by atoms with E-state index in [0.29, 0.717) is 16.8 Å². The highest BCUT2D eigenvalue weighted by Gasteiger charge is 2.09. The Bertz CT molecular complexity index is 825. The molecule has 0 bridgehead atoms. The van der Waals surface area contributed by atoms with Gasteiger partial charge in [0.25, 0.3) is 0 Å². The number of carbonyl (C=O) groups excluding carboxylic acids is 2. The maximum Gasteiger partial charge on any atom is 0.337 e. The summed E-state index contributed by atoms with van der Waals surface area (Å²) in [6.07, 6.45) is 1.76. The van der Waals surface area contributed by atoms with Crippen LogP contribution in [-0.2, 0) is 9.47 Å². The smallest absolute Gasteiger partial charge is 0.337 e. The molecule has 3 aromatic rings. The fraction of sp³-hybridized carbons (Fsp3) is 0.111. The van der Waals surface area contributed by atoms with Crippen molar-refractivity contribution in [3.8, 4) is 16.9 Å². The summed E-state index contributed by atoms with van der Waals surface area (Å²) >= 11 is 0. The Morgan fingerprint density at radius 1 is 0.840 bits per heavy atom. The monoisotopic (exact) mass is 337 g/mol. The fourth-order valence-electron chi connectivity index (χ4n) is 2.29. The van der Waals surface area contributed by atoms with Gasteiger partial charge in [-0.3, -0.25) is 0 Å². The van der Waals surface area contributed by atoms with Gasteiger partial charge in [-0.15, -0.1) is 5.10 Å². The maximum atomic E-state index is 11.5. The van der Waals surface area contributed by atoms with Gasteiger partial charge in [-0.25, -0.2) is 14.3 Å². The average Bonchev–Trinajstić information content (AvgIpc) is 3.17. The van der Waals surface area contributed by atoms with Crippen molar-refractivity contribution >= 4 is 11.9 Å².